The Morgan fingerprint density at radius 1 is 1.28 bits per heavy atom. The molecule has 1 heterocycles. The van der Waals surface area contributed by atoms with Crippen LogP contribution in [0.3, 0.4) is 0 Å². The molecule has 0 bridgehead atoms. The molecule has 0 atom stereocenters. The Labute approximate surface area is 152 Å². The summed E-state index contributed by atoms with van der Waals surface area (Å²) in [6, 6.07) is 7.50. The molecular formula is C18H25N5OS. The molecule has 6 nitrogen and oxygen atoms in total. The van der Waals surface area contributed by atoms with E-state index in [4.69, 9.17) is 0 Å². The molecule has 3 N–H and O–H groups in total. The van der Waals surface area contributed by atoms with Gasteiger partial charge in [0.1, 0.15) is 0 Å². The van der Waals surface area contributed by atoms with E-state index in [0.29, 0.717) is 18.7 Å². The number of amides is 1. The summed E-state index contributed by atoms with van der Waals surface area (Å²) in [6.07, 6.45) is 0. The van der Waals surface area contributed by atoms with Crippen LogP contribution in [-0.2, 0) is 13.1 Å². The van der Waals surface area contributed by atoms with Crippen LogP contribution in [0.5, 0.6) is 0 Å². The quantitative estimate of drug-likeness (QED) is 0.547. The second-order valence-electron chi connectivity index (χ2n) is 5.57. The van der Waals surface area contributed by atoms with Crippen molar-refractivity contribution in [3.8, 4) is 0 Å². The molecule has 0 radical (unpaired) electrons. The zero-order valence-electron chi connectivity index (χ0n) is 15.1. The fourth-order valence-corrected chi connectivity index (χ4v) is 3.25. The molecule has 0 saturated carbocycles. The molecular weight excluding hydrogens is 334 g/mol. The van der Waals surface area contributed by atoms with Crippen molar-refractivity contribution in [1.29, 1.82) is 0 Å². The van der Waals surface area contributed by atoms with E-state index in [1.165, 1.54) is 4.88 Å². The lowest BCUT2D eigenvalue weighted by molar-refractivity contribution is 0.0963. The van der Waals surface area contributed by atoms with Crippen molar-refractivity contribution in [3.63, 3.8) is 0 Å². The van der Waals surface area contributed by atoms with Gasteiger partial charge < -0.3 is 16.0 Å². The Hall–Kier alpha value is -2.41. The molecule has 0 fully saturated rings. The Kier molecular flexibility index (Phi) is 6.94. The molecule has 0 aliphatic carbocycles. The third-order valence-corrected chi connectivity index (χ3v) is 4.67. The lowest BCUT2D eigenvalue weighted by Crippen LogP contribution is -2.36. The number of benzene rings is 1. The summed E-state index contributed by atoms with van der Waals surface area (Å²) in [5, 5.41) is 10.3. The zero-order valence-corrected chi connectivity index (χ0v) is 16.0. The van der Waals surface area contributed by atoms with Crippen LogP contribution in [-0.4, -0.2) is 30.4 Å². The number of guanidine groups is 1. The molecule has 2 rings (SSSR count). The fourth-order valence-electron chi connectivity index (χ4n) is 2.37. The second-order valence-corrected chi connectivity index (χ2v) is 6.86. The number of nitrogens with one attached hydrogen (secondary N) is 3. The highest BCUT2D eigenvalue weighted by Gasteiger charge is 2.06. The number of aliphatic imine (C=N–C) groups is 1. The maximum atomic E-state index is 11.7. The van der Waals surface area contributed by atoms with Crippen molar-refractivity contribution in [3.05, 3.63) is 51.0 Å². The van der Waals surface area contributed by atoms with Crippen LogP contribution in [0, 0.1) is 13.8 Å². The van der Waals surface area contributed by atoms with Crippen LogP contribution >= 0.6 is 11.3 Å². The minimum absolute atomic E-state index is 0.0908. The molecule has 1 amide bonds. The first-order valence-electron chi connectivity index (χ1n) is 8.29. The van der Waals surface area contributed by atoms with Gasteiger partial charge in [-0.2, -0.15) is 0 Å². The van der Waals surface area contributed by atoms with Crippen molar-refractivity contribution in [2.45, 2.75) is 33.9 Å². The number of carbonyl (C=O) groups excluding carboxylic acids is 1. The lowest BCUT2D eigenvalue weighted by atomic mass is 10.1. The average molecular weight is 359 g/mol. The number of aromatic nitrogens is 1. The molecule has 0 saturated heterocycles. The smallest absolute Gasteiger partial charge is 0.251 e. The number of rotatable bonds is 6. The number of carbonyl (C=O) groups is 1. The van der Waals surface area contributed by atoms with E-state index in [-0.39, 0.29) is 5.91 Å². The summed E-state index contributed by atoms with van der Waals surface area (Å²) in [6.45, 7) is 8.05. The second kappa shape index (κ2) is 9.17. The standard InChI is InChI=1S/C18H25N5OS/c1-5-20-18(22-11-16-12(2)23-13(3)25-16)21-10-14-7-6-8-15(9-14)17(24)19-4/h6-9H,5,10-11H2,1-4H3,(H,19,24)(H2,20,21,22). The zero-order chi connectivity index (χ0) is 18.2. The van der Waals surface area contributed by atoms with Gasteiger partial charge in [-0.05, 0) is 38.5 Å². The fraction of sp³-hybridized carbons (Fsp3) is 0.389. The van der Waals surface area contributed by atoms with Gasteiger partial charge in [-0.25, -0.2) is 9.98 Å². The first-order chi connectivity index (χ1) is 12.0. The van der Waals surface area contributed by atoms with E-state index >= 15 is 0 Å². The first-order valence-corrected chi connectivity index (χ1v) is 9.11. The van der Waals surface area contributed by atoms with Crippen LogP contribution in [0.25, 0.3) is 0 Å². The molecule has 134 valence electrons. The molecule has 25 heavy (non-hydrogen) atoms. The SMILES string of the molecule is CCNC(=NCc1cccc(C(=O)NC)c1)NCc1sc(C)nc1C. The van der Waals surface area contributed by atoms with Crippen LogP contribution in [0.1, 0.15) is 38.4 Å². The molecule has 0 aliphatic heterocycles. The number of thiazole rings is 1. The highest BCUT2D eigenvalue weighted by atomic mass is 32.1. The molecule has 1 aromatic heterocycles. The van der Waals surface area contributed by atoms with Gasteiger partial charge >= 0.3 is 0 Å². The molecule has 0 aliphatic rings. The van der Waals surface area contributed by atoms with Gasteiger partial charge in [-0.15, -0.1) is 11.3 Å². The Morgan fingerprint density at radius 2 is 2.08 bits per heavy atom. The maximum Gasteiger partial charge on any atom is 0.251 e. The number of hydrogen-bond acceptors (Lipinski definition) is 4. The molecule has 0 spiro atoms. The van der Waals surface area contributed by atoms with Gasteiger partial charge in [0, 0.05) is 24.0 Å². The molecule has 1 aromatic carbocycles. The van der Waals surface area contributed by atoms with Gasteiger partial charge in [0.05, 0.1) is 23.8 Å². The third-order valence-electron chi connectivity index (χ3n) is 3.60. The van der Waals surface area contributed by atoms with Gasteiger partial charge in [0.15, 0.2) is 5.96 Å². The highest BCUT2D eigenvalue weighted by Crippen LogP contribution is 2.16. The van der Waals surface area contributed by atoms with E-state index in [9.17, 15) is 4.79 Å². The minimum atomic E-state index is -0.0908. The van der Waals surface area contributed by atoms with Gasteiger partial charge in [0.2, 0.25) is 0 Å². The van der Waals surface area contributed by atoms with Crippen molar-refractivity contribution < 1.29 is 4.79 Å². The van der Waals surface area contributed by atoms with Gasteiger partial charge in [-0.3, -0.25) is 4.79 Å². The molecule has 0 unspecified atom stereocenters. The Balaban J connectivity index is 2.04. The van der Waals surface area contributed by atoms with E-state index in [2.05, 4.69) is 25.9 Å². The van der Waals surface area contributed by atoms with Crippen molar-refractivity contribution in [2.75, 3.05) is 13.6 Å². The van der Waals surface area contributed by atoms with Crippen molar-refractivity contribution in [1.82, 2.24) is 20.9 Å². The van der Waals surface area contributed by atoms with E-state index in [1.54, 1.807) is 24.5 Å². The average Bonchev–Trinajstić information content (AvgIpc) is 2.94. The Bertz CT molecular complexity index is 754. The monoisotopic (exact) mass is 359 g/mol. The highest BCUT2D eigenvalue weighted by molar-refractivity contribution is 7.11. The topological polar surface area (TPSA) is 78.4 Å². The van der Waals surface area contributed by atoms with Gasteiger partial charge in [-0.1, -0.05) is 12.1 Å². The molecule has 2 aromatic rings. The minimum Gasteiger partial charge on any atom is -0.357 e. The summed E-state index contributed by atoms with van der Waals surface area (Å²) in [5.41, 5.74) is 2.69. The van der Waals surface area contributed by atoms with Gasteiger partial charge in [0.25, 0.3) is 5.91 Å². The summed E-state index contributed by atoms with van der Waals surface area (Å²) in [4.78, 5) is 22.0. The van der Waals surface area contributed by atoms with E-state index < -0.39 is 0 Å². The summed E-state index contributed by atoms with van der Waals surface area (Å²) < 4.78 is 0. The summed E-state index contributed by atoms with van der Waals surface area (Å²) in [5.74, 6) is 0.658. The summed E-state index contributed by atoms with van der Waals surface area (Å²) in [7, 11) is 1.63. The Morgan fingerprint density at radius 3 is 2.72 bits per heavy atom. The van der Waals surface area contributed by atoms with E-state index in [0.717, 1.165) is 28.8 Å². The van der Waals surface area contributed by atoms with Crippen LogP contribution in [0.2, 0.25) is 0 Å². The predicted octanol–water partition coefficient (Wildman–Crippen LogP) is 2.37. The number of hydrogen-bond donors (Lipinski definition) is 3. The van der Waals surface area contributed by atoms with E-state index in [1.807, 2.05) is 39.0 Å². The maximum absolute atomic E-state index is 11.7. The van der Waals surface area contributed by atoms with Crippen LogP contribution in [0.4, 0.5) is 0 Å². The summed E-state index contributed by atoms with van der Waals surface area (Å²) >= 11 is 1.70. The predicted molar refractivity (Wildman–Crippen MR) is 103 cm³/mol. The number of nitrogens with zero attached hydrogens (tertiary/aromatic N) is 2. The number of aryl methyl sites for hydroxylation is 2. The normalized spacial score (nSPS) is 11.3. The van der Waals surface area contributed by atoms with Crippen molar-refractivity contribution in [2.24, 2.45) is 4.99 Å². The van der Waals surface area contributed by atoms with Crippen molar-refractivity contribution >= 4 is 23.2 Å². The lowest BCUT2D eigenvalue weighted by Gasteiger charge is -2.11. The van der Waals surface area contributed by atoms with Crippen LogP contribution < -0.4 is 16.0 Å². The first kappa shape index (κ1) is 18.9. The largest absolute Gasteiger partial charge is 0.357 e. The third kappa shape index (κ3) is 5.56. The van der Waals surface area contributed by atoms with Crippen LogP contribution in [0.15, 0.2) is 29.3 Å². The molecule has 7 heteroatoms.